The summed E-state index contributed by atoms with van der Waals surface area (Å²) < 4.78 is 27.5. The maximum Gasteiger partial charge on any atom is 0.243 e. The van der Waals surface area contributed by atoms with Crippen LogP contribution < -0.4 is 5.32 Å². The van der Waals surface area contributed by atoms with Crippen LogP contribution in [0.2, 0.25) is 0 Å². The molecule has 0 unspecified atom stereocenters. The quantitative estimate of drug-likeness (QED) is 0.687. The van der Waals surface area contributed by atoms with Crippen LogP contribution >= 0.6 is 31.9 Å². The summed E-state index contributed by atoms with van der Waals surface area (Å²) in [7, 11) is -2.34. The first kappa shape index (κ1) is 20.1. The topological polar surface area (TPSA) is 66.5 Å². The molecule has 0 aromatic heterocycles. The highest BCUT2D eigenvalue weighted by Gasteiger charge is 2.23. The molecular formula is C17H18Br2N2O3S. The number of nitrogens with one attached hydrogen (secondary N) is 1. The van der Waals surface area contributed by atoms with Crippen LogP contribution in [0.4, 0.5) is 5.69 Å². The van der Waals surface area contributed by atoms with Crippen LogP contribution in [0.15, 0.2) is 50.2 Å². The van der Waals surface area contributed by atoms with Crippen molar-refractivity contribution < 1.29 is 13.2 Å². The van der Waals surface area contributed by atoms with Gasteiger partial charge in [0.25, 0.3) is 0 Å². The van der Waals surface area contributed by atoms with Crippen molar-refractivity contribution in [3.63, 3.8) is 0 Å². The summed E-state index contributed by atoms with van der Waals surface area (Å²) in [6.45, 7) is 3.52. The van der Waals surface area contributed by atoms with Crippen LogP contribution in [0.5, 0.6) is 0 Å². The van der Waals surface area contributed by atoms with E-state index in [4.69, 9.17) is 0 Å². The van der Waals surface area contributed by atoms with Gasteiger partial charge in [0.1, 0.15) is 0 Å². The Kier molecular flexibility index (Phi) is 6.42. The van der Waals surface area contributed by atoms with Crippen molar-refractivity contribution in [2.24, 2.45) is 0 Å². The number of hydrogen-bond acceptors (Lipinski definition) is 3. The van der Waals surface area contributed by atoms with Crippen LogP contribution in [0.3, 0.4) is 0 Å². The predicted octanol–water partition coefficient (Wildman–Crippen LogP) is 4.09. The molecule has 0 bridgehead atoms. The largest absolute Gasteiger partial charge is 0.323 e. The average molecular weight is 490 g/mol. The van der Waals surface area contributed by atoms with Gasteiger partial charge in [-0.3, -0.25) is 4.79 Å². The van der Waals surface area contributed by atoms with Gasteiger partial charge in [0, 0.05) is 16.0 Å². The fourth-order valence-corrected chi connectivity index (χ4v) is 4.92. The van der Waals surface area contributed by atoms with Crippen molar-refractivity contribution in [2.75, 3.05) is 18.9 Å². The maximum absolute atomic E-state index is 12.5. The van der Waals surface area contributed by atoms with Gasteiger partial charge in [0.2, 0.25) is 15.9 Å². The number of rotatable bonds is 5. The van der Waals surface area contributed by atoms with Crippen molar-refractivity contribution in [1.29, 1.82) is 0 Å². The lowest BCUT2D eigenvalue weighted by Crippen LogP contribution is -2.35. The van der Waals surface area contributed by atoms with Crippen LogP contribution in [0, 0.1) is 13.8 Å². The maximum atomic E-state index is 12.5. The van der Waals surface area contributed by atoms with E-state index in [0.29, 0.717) is 5.69 Å². The lowest BCUT2D eigenvalue weighted by Gasteiger charge is -2.18. The van der Waals surface area contributed by atoms with E-state index in [-0.39, 0.29) is 11.4 Å². The Bertz CT molecular complexity index is 874. The monoisotopic (exact) mass is 488 g/mol. The fourth-order valence-electron chi connectivity index (χ4n) is 2.18. The van der Waals surface area contributed by atoms with E-state index < -0.39 is 15.9 Å². The summed E-state index contributed by atoms with van der Waals surface area (Å²) in [4.78, 5) is 12.4. The third-order valence-electron chi connectivity index (χ3n) is 3.55. The number of carbonyl (C=O) groups is 1. The van der Waals surface area contributed by atoms with Crippen LogP contribution in [0.1, 0.15) is 11.1 Å². The molecule has 8 heteroatoms. The summed E-state index contributed by atoms with van der Waals surface area (Å²) in [6, 6.07) is 10.3. The molecule has 0 aliphatic rings. The molecule has 2 aromatic carbocycles. The average Bonchev–Trinajstić information content (AvgIpc) is 2.51. The van der Waals surface area contributed by atoms with Gasteiger partial charge < -0.3 is 5.32 Å². The van der Waals surface area contributed by atoms with Gasteiger partial charge in [0.15, 0.2) is 0 Å². The number of carbonyl (C=O) groups excluding carboxylic acids is 1. The van der Waals surface area contributed by atoms with Crippen molar-refractivity contribution in [1.82, 2.24) is 4.31 Å². The number of amides is 1. The minimum Gasteiger partial charge on any atom is -0.323 e. The van der Waals surface area contributed by atoms with Gasteiger partial charge in [0.05, 0.1) is 17.1 Å². The Morgan fingerprint density at radius 3 is 2.08 bits per heavy atom. The van der Waals surface area contributed by atoms with E-state index in [0.717, 1.165) is 24.4 Å². The van der Waals surface area contributed by atoms with Crippen LogP contribution in [-0.4, -0.2) is 32.2 Å². The Balaban J connectivity index is 2.14. The highest BCUT2D eigenvalue weighted by molar-refractivity contribution is 9.11. The number of halogens is 2. The zero-order valence-corrected chi connectivity index (χ0v) is 18.0. The molecule has 1 N–H and O–H groups in total. The number of anilines is 1. The molecule has 2 aromatic rings. The number of nitrogens with zero attached hydrogens (tertiary/aromatic N) is 1. The minimum atomic E-state index is -3.72. The van der Waals surface area contributed by atoms with Crippen molar-refractivity contribution in [2.45, 2.75) is 18.7 Å². The minimum absolute atomic E-state index is 0.158. The molecule has 0 fully saturated rings. The van der Waals surface area contributed by atoms with Crippen LogP contribution in [-0.2, 0) is 14.8 Å². The third kappa shape index (κ3) is 4.91. The molecule has 0 aliphatic heterocycles. The Morgan fingerprint density at radius 2 is 1.56 bits per heavy atom. The molecule has 1 amide bonds. The molecule has 0 saturated carbocycles. The van der Waals surface area contributed by atoms with E-state index in [2.05, 4.69) is 37.2 Å². The van der Waals surface area contributed by atoms with Gasteiger partial charge in [-0.15, -0.1) is 0 Å². The molecule has 25 heavy (non-hydrogen) atoms. The summed E-state index contributed by atoms with van der Waals surface area (Å²) in [5, 5.41) is 2.73. The van der Waals surface area contributed by atoms with Gasteiger partial charge in [-0.2, -0.15) is 4.31 Å². The number of hydrogen-bond donors (Lipinski definition) is 1. The molecule has 5 nitrogen and oxygen atoms in total. The summed E-state index contributed by atoms with van der Waals surface area (Å²) in [5.41, 5.74) is 2.56. The Morgan fingerprint density at radius 1 is 1.04 bits per heavy atom. The summed E-state index contributed by atoms with van der Waals surface area (Å²) in [6.07, 6.45) is 0. The van der Waals surface area contributed by atoms with Crippen molar-refractivity contribution >= 4 is 53.5 Å². The van der Waals surface area contributed by atoms with E-state index in [1.54, 1.807) is 12.1 Å². The summed E-state index contributed by atoms with van der Waals surface area (Å²) >= 11 is 6.80. The standard InChI is InChI=1S/C17H18Br2N2O3S/c1-11-4-6-13(7-5-11)25(23,24)21(3)10-16(22)20-17-14(18)8-12(2)9-15(17)19/h4-9H,10H2,1-3H3,(H,20,22). The number of sulfonamides is 1. The highest BCUT2D eigenvalue weighted by Crippen LogP contribution is 2.32. The second-order valence-electron chi connectivity index (χ2n) is 5.73. The van der Waals surface area contributed by atoms with Gasteiger partial charge >= 0.3 is 0 Å². The lowest BCUT2D eigenvalue weighted by molar-refractivity contribution is -0.116. The second kappa shape index (κ2) is 7.99. The zero-order chi connectivity index (χ0) is 18.8. The van der Waals surface area contributed by atoms with Gasteiger partial charge in [-0.1, -0.05) is 17.7 Å². The molecule has 0 aliphatic carbocycles. The van der Waals surface area contributed by atoms with E-state index in [9.17, 15) is 13.2 Å². The van der Waals surface area contributed by atoms with Gasteiger partial charge in [-0.05, 0) is 75.5 Å². The number of aryl methyl sites for hydroxylation is 2. The molecule has 2 rings (SSSR count). The van der Waals surface area contributed by atoms with E-state index in [1.165, 1.54) is 19.2 Å². The predicted molar refractivity (Wildman–Crippen MR) is 106 cm³/mol. The highest BCUT2D eigenvalue weighted by atomic mass is 79.9. The first-order chi connectivity index (χ1) is 11.6. The summed E-state index contributed by atoms with van der Waals surface area (Å²) in [5.74, 6) is -0.427. The first-order valence-corrected chi connectivity index (χ1v) is 10.4. The smallest absolute Gasteiger partial charge is 0.243 e. The van der Waals surface area contributed by atoms with Gasteiger partial charge in [-0.25, -0.2) is 8.42 Å². The lowest BCUT2D eigenvalue weighted by atomic mass is 10.2. The normalized spacial score (nSPS) is 11.6. The van der Waals surface area contributed by atoms with E-state index >= 15 is 0 Å². The first-order valence-electron chi connectivity index (χ1n) is 7.40. The molecule has 0 radical (unpaired) electrons. The molecule has 134 valence electrons. The molecular weight excluding hydrogens is 472 g/mol. The molecule has 0 atom stereocenters. The Hall–Kier alpha value is -1.22. The third-order valence-corrected chi connectivity index (χ3v) is 6.61. The molecule has 0 heterocycles. The van der Waals surface area contributed by atoms with Crippen molar-refractivity contribution in [3.8, 4) is 0 Å². The fraction of sp³-hybridized carbons (Fsp3) is 0.235. The molecule has 0 spiro atoms. The molecule has 0 saturated heterocycles. The second-order valence-corrected chi connectivity index (χ2v) is 9.48. The zero-order valence-electron chi connectivity index (χ0n) is 14.0. The van der Waals surface area contributed by atoms with E-state index in [1.807, 2.05) is 26.0 Å². The SMILES string of the molecule is Cc1ccc(S(=O)(=O)N(C)CC(=O)Nc2c(Br)cc(C)cc2Br)cc1. The number of likely N-dealkylation sites (N-methyl/N-ethyl adjacent to an activating group) is 1. The Labute approximate surface area is 164 Å². The van der Waals surface area contributed by atoms with Crippen molar-refractivity contribution in [3.05, 3.63) is 56.5 Å². The number of benzene rings is 2. The van der Waals surface area contributed by atoms with Crippen LogP contribution in [0.25, 0.3) is 0 Å².